The van der Waals surface area contributed by atoms with E-state index in [0.717, 1.165) is 54.9 Å². The molecule has 0 fully saturated rings. The van der Waals surface area contributed by atoms with Crippen molar-refractivity contribution in [1.29, 1.82) is 0 Å². The summed E-state index contributed by atoms with van der Waals surface area (Å²) < 4.78 is 10.4. The average Bonchev–Trinajstić information content (AvgIpc) is 3.57. The number of hydrogen-bond acceptors (Lipinski definition) is 4. The van der Waals surface area contributed by atoms with Crippen molar-refractivity contribution in [3.8, 4) is 17.3 Å². The van der Waals surface area contributed by atoms with Crippen molar-refractivity contribution in [3.05, 3.63) is 116 Å². The number of pyridine rings is 2. The Morgan fingerprint density at radius 1 is 0.658 bits per heavy atom. The minimum atomic E-state index is 0. The molecule has 6 nitrogen and oxygen atoms in total. The van der Waals surface area contributed by atoms with Gasteiger partial charge in [-0.3, -0.25) is 0 Å². The normalized spacial score (nSPS) is 11.5. The van der Waals surface area contributed by atoms with Gasteiger partial charge in [-0.25, -0.2) is 4.98 Å². The molecule has 8 rings (SSSR count). The van der Waals surface area contributed by atoms with Crippen LogP contribution in [-0.2, 0) is 21.1 Å². The van der Waals surface area contributed by atoms with Crippen LogP contribution in [-0.4, -0.2) is 24.1 Å². The van der Waals surface area contributed by atoms with E-state index in [1.54, 1.807) is 12.5 Å². The second-order valence-corrected chi connectivity index (χ2v) is 8.88. The van der Waals surface area contributed by atoms with Gasteiger partial charge in [0.25, 0.3) is 0 Å². The topological polar surface area (TPSA) is 57.2 Å². The van der Waals surface area contributed by atoms with Crippen LogP contribution in [0.2, 0.25) is 0 Å². The third-order valence-electron chi connectivity index (χ3n) is 6.80. The number of nitrogens with zero attached hydrogens (tertiary/aromatic N) is 5. The van der Waals surface area contributed by atoms with Gasteiger partial charge in [-0.2, -0.15) is 11.2 Å². The fourth-order valence-electron chi connectivity index (χ4n) is 5.20. The van der Waals surface area contributed by atoms with E-state index in [1.807, 2.05) is 59.0 Å². The first-order valence-electron chi connectivity index (χ1n) is 12.0. The van der Waals surface area contributed by atoms with E-state index in [1.165, 1.54) is 0 Å². The second-order valence-electron chi connectivity index (χ2n) is 8.88. The molecule has 4 heterocycles. The van der Waals surface area contributed by atoms with E-state index in [2.05, 4.69) is 68.3 Å². The van der Waals surface area contributed by atoms with E-state index in [9.17, 15) is 0 Å². The molecule has 0 spiro atoms. The number of ether oxygens (including phenoxy) is 1. The number of hydrogen-bond donors (Lipinski definition) is 0. The Bertz CT molecular complexity index is 2130. The number of rotatable bonds is 3. The predicted octanol–water partition coefficient (Wildman–Crippen LogP) is 6.92. The molecule has 38 heavy (non-hydrogen) atoms. The molecule has 0 radical (unpaired) electrons. The maximum atomic E-state index is 6.32. The molecule has 0 N–H and O–H groups in total. The molecule has 0 amide bonds. The Morgan fingerprint density at radius 3 is 2.18 bits per heavy atom. The largest absolute Gasteiger partial charge is 2.00 e. The van der Waals surface area contributed by atoms with Gasteiger partial charge >= 0.3 is 21.1 Å². The van der Waals surface area contributed by atoms with Crippen LogP contribution in [0, 0.1) is 12.1 Å². The quantitative estimate of drug-likeness (QED) is 0.151. The first-order valence-corrected chi connectivity index (χ1v) is 12.0. The van der Waals surface area contributed by atoms with Crippen LogP contribution in [0.25, 0.3) is 54.9 Å². The fourth-order valence-corrected chi connectivity index (χ4v) is 5.20. The number of fused-ring (bicyclic) bond motifs is 9. The van der Waals surface area contributed by atoms with Gasteiger partial charge < -0.3 is 13.7 Å². The van der Waals surface area contributed by atoms with Gasteiger partial charge in [-0.15, -0.1) is 34.8 Å². The van der Waals surface area contributed by atoms with Gasteiger partial charge in [0.05, 0.1) is 5.65 Å². The average molecular weight is 671 g/mol. The Labute approximate surface area is 231 Å². The Balaban J connectivity index is 0.00000242. The molecule has 0 saturated heterocycles. The summed E-state index contributed by atoms with van der Waals surface area (Å²) in [6.07, 6.45) is 3.53. The van der Waals surface area contributed by atoms with Crippen molar-refractivity contribution in [2.24, 2.45) is 0 Å². The summed E-state index contributed by atoms with van der Waals surface area (Å²) >= 11 is 0. The van der Waals surface area contributed by atoms with Crippen molar-refractivity contribution >= 4 is 49.1 Å². The molecule has 0 aliphatic heterocycles. The molecular weight excluding hydrogens is 653 g/mol. The minimum absolute atomic E-state index is 0. The predicted molar refractivity (Wildman–Crippen MR) is 144 cm³/mol. The van der Waals surface area contributed by atoms with E-state index in [-0.39, 0.29) is 21.1 Å². The fraction of sp³-hybridized carbons (Fsp3) is 0. The van der Waals surface area contributed by atoms with Crippen molar-refractivity contribution in [2.45, 2.75) is 0 Å². The zero-order chi connectivity index (χ0) is 24.3. The maximum absolute atomic E-state index is 6.32. The van der Waals surface area contributed by atoms with E-state index < -0.39 is 0 Å². The summed E-state index contributed by atoms with van der Waals surface area (Å²) in [6, 6.07) is 37.4. The minimum Gasteiger partial charge on any atom is -0.503 e. The van der Waals surface area contributed by atoms with Crippen molar-refractivity contribution < 1.29 is 25.8 Å². The van der Waals surface area contributed by atoms with Crippen LogP contribution in [0.4, 0.5) is 0 Å². The van der Waals surface area contributed by atoms with Crippen LogP contribution in [0.5, 0.6) is 11.5 Å². The zero-order valence-electron chi connectivity index (χ0n) is 19.8. The van der Waals surface area contributed by atoms with Gasteiger partial charge in [-0.1, -0.05) is 64.8 Å². The SMILES string of the molecule is [Pt+2].[c-]1c(Oc2[c-]c3c(cc2)c2ccccc2n3-c2ccccn2)ccc2c1c1nncn1c1ccccc21. The molecule has 0 unspecified atom stereocenters. The van der Waals surface area contributed by atoms with Crippen molar-refractivity contribution in [3.63, 3.8) is 0 Å². The molecule has 4 aromatic carbocycles. The summed E-state index contributed by atoms with van der Waals surface area (Å²) in [5, 5.41) is 13.8. The molecule has 0 bridgehead atoms. The van der Waals surface area contributed by atoms with E-state index in [0.29, 0.717) is 11.5 Å². The Hall–Kier alpha value is -4.54. The summed E-state index contributed by atoms with van der Waals surface area (Å²) in [7, 11) is 0. The molecule has 7 heteroatoms. The van der Waals surface area contributed by atoms with Crippen LogP contribution in [0.3, 0.4) is 0 Å². The second kappa shape index (κ2) is 8.79. The third kappa shape index (κ3) is 3.34. The van der Waals surface area contributed by atoms with Gasteiger partial charge in [-0.05, 0) is 35.0 Å². The van der Waals surface area contributed by atoms with Gasteiger partial charge in [0.2, 0.25) is 0 Å². The summed E-state index contributed by atoms with van der Waals surface area (Å²) in [5.74, 6) is 2.02. The molecule has 0 aliphatic rings. The van der Waals surface area contributed by atoms with Crippen LogP contribution >= 0.6 is 0 Å². The molecule has 0 aliphatic carbocycles. The molecule has 8 aromatic rings. The number of benzene rings is 4. The van der Waals surface area contributed by atoms with Gasteiger partial charge in [0, 0.05) is 28.7 Å². The zero-order valence-corrected chi connectivity index (χ0v) is 22.0. The maximum Gasteiger partial charge on any atom is 2.00 e. The first kappa shape index (κ1) is 22.6. The van der Waals surface area contributed by atoms with Crippen LogP contribution in [0.1, 0.15) is 0 Å². The van der Waals surface area contributed by atoms with Crippen molar-refractivity contribution in [1.82, 2.24) is 24.1 Å². The summed E-state index contributed by atoms with van der Waals surface area (Å²) in [4.78, 5) is 4.60. The first-order chi connectivity index (χ1) is 18.3. The van der Waals surface area contributed by atoms with Gasteiger partial charge in [0.15, 0.2) is 0 Å². The number of aromatic nitrogens is 5. The molecule has 4 aromatic heterocycles. The molecule has 0 saturated carbocycles. The molecule has 0 atom stereocenters. The van der Waals surface area contributed by atoms with Crippen molar-refractivity contribution in [2.75, 3.05) is 0 Å². The van der Waals surface area contributed by atoms with E-state index in [4.69, 9.17) is 4.74 Å². The summed E-state index contributed by atoms with van der Waals surface area (Å²) in [6.45, 7) is 0. The third-order valence-corrected chi connectivity index (χ3v) is 6.80. The standard InChI is InChI=1S/C31H17N5O.Pt/c1-3-9-27-23(7-1)22-14-12-20(17-26(22)31-34-33-19-35(27)31)37-21-13-15-25-24-8-2-4-10-28(24)36(29(25)18-21)30-11-5-6-16-32-30;/h1-16,19H;/q-2;+2. The van der Waals surface area contributed by atoms with Crippen LogP contribution < -0.4 is 4.74 Å². The Kier molecular flexibility index (Phi) is 5.24. The summed E-state index contributed by atoms with van der Waals surface area (Å²) in [5.41, 5.74) is 3.78. The number of para-hydroxylation sites is 2. The van der Waals surface area contributed by atoms with Crippen LogP contribution in [0.15, 0.2) is 104 Å². The van der Waals surface area contributed by atoms with Gasteiger partial charge in [0.1, 0.15) is 12.1 Å². The molecule has 182 valence electrons. The monoisotopic (exact) mass is 670 g/mol. The van der Waals surface area contributed by atoms with E-state index >= 15 is 0 Å². The smallest absolute Gasteiger partial charge is 0.503 e. The molecular formula is C31H17N5OPt. The Morgan fingerprint density at radius 2 is 1.37 bits per heavy atom.